The highest BCUT2D eigenvalue weighted by Gasteiger charge is 2.45. The van der Waals surface area contributed by atoms with E-state index < -0.39 is 11.4 Å². The molecule has 186 valence electrons. The molecule has 0 radical (unpaired) electrons. The van der Waals surface area contributed by atoms with Gasteiger partial charge in [-0.2, -0.15) is 15.5 Å². The molecule has 1 saturated carbocycles. The molecule has 3 aliphatic rings. The Morgan fingerprint density at radius 1 is 1.19 bits per heavy atom. The van der Waals surface area contributed by atoms with E-state index in [2.05, 4.69) is 47.6 Å². The van der Waals surface area contributed by atoms with Crippen LogP contribution in [0.15, 0.2) is 18.3 Å². The average molecular weight is 500 g/mol. The van der Waals surface area contributed by atoms with Gasteiger partial charge in [-0.15, -0.1) is 4.52 Å². The van der Waals surface area contributed by atoms with Crippen molar-refractivity contribution in [3.8, 4) is 12.1 Å². The van der Waals surface area contributed by atoms with Gasteiger partial charge in [-0.05, 0) is 25.0 Å². The number of rotatable bonds is 6. The Morgan fingerprint density at radius 2 is 1.97 bits per heavy atom. The Balaban J connectivity index is 1.30. The molecule has 2 saturated heterocycles. The van der Waals surface area contributed by atoms with Gasteiger partial charge >= 0.3 is 0 Å². The van der Waals surface area contributed by atoms with Crippen LogP contribution in [0, 0.1) is 35.1 Å². The van der Waals surface area contributed by atoms with Crippen LogP contribution in [0.3, 0.4) is 0 Å². The third-order valence-electron chi connectivity index (χ3n) is 6.92. The molecule has 13 heteroatoms. The summed E-state index contributed by atoms with van der Waals surface area (Å²) < 4.78 is 22.4. The maximum absolute atomic E-state index is 15.8. The van der Waals surface area contributed by atoms with Crippen molar-refractivity contribution in [2.75, 3.05) is 54.9 Å². The number of piperazine rings is 1. The van der Waals surface area contributed by atoms with Gasteiger partial charge in [0, 0.05) is 32.2 Å². The van der Waals surface area contributed by atoms with Crippen molar-refractivity contribution in [3.05, 3.63) is 41.1 Å². The summed E-state index contributed by atoms with van der Waals surface area (Å²) in [6.45, 7) is 10.3. The Kier molecular flexibility index (Phi) is 5.49. The molecule has 3 aromatic rings. The third kappa shape index (κ3) is 4.02. The number of hydrogen-bond donors (Lipinski definition) is 2. The van der Waals surface area contributed by atoms with Gasteiger partial charge < -0.3 is 25.1 Å². The lowest BCUT2D eigenvalue weighted by Gasteiger charge is -2.48. The van der Waals surface area contributed by atoms with Gasteiger partial charge in [0.15, 0.2) is 17.2 Å². The molecule has 2 aliphatic heterocycles. The normalized spacial score (nSPS) is 18.9. The number of fused-ring (bicyclic) bond motifs is 1. The summed E-state index contributed by atoms with van der Waals surface area (Å²) in [6, 6.07) is 7.67. The second-order valence-corrected chi connectivity index (χ2v) is 9.37. The van der Waals surface area contributed by atoms with Crippen LogP contribution in [0.5, 0.6) is 0 Å². The molecule has 0 bridgehead atoms. The first-order valence-corrected chi connectivity index (χ1v) is 11.9. The third-order valence-corrected chi connectivity index (χ3v) is 6.92. The predicted octanol–water partition coefficient (Wildman–Crippen LogP) is 2.42. The zero-order chi connectivity index (χ0) is 25.6. The molecule has 2 aromatic heterocycles. The number of hydrogen-bond acceptors (Lipinski definition) is 10. The minimum atomic E-state index is -0.606. The van der Waals surface area contributed by atoms with E-state index in [-0.39, 0.29) is 29.1 Å². The molecular formula is C24H22FN11O. The average Bonchev–Trinajstić information content (AvgIpc) is 3.61. The summed E-state index contributed by atoms with van der Waals surface area (Å²) in [4.78, 5) is 16.2. The number of benzene rings is 1. The first-order chi connectivity index (χ1) is 18.0. The molecule has 0 unspecified atom stereocenters. The highest BCUT2D eigenvalue weighted by Crippen LogP contribution is 2.33. The molecule has 2 N–H and O–H groups in total. The Labute approximate surface area is 211 Å². The first-order valence-electron chi connectivity index (χ1n) is 11.9. The maximum atomic E-state index is 15.8. The topological polar surface area (TPSA) is 135 Å². The second-order valence-electron chi connectivity index (χ2n) is 9.37. The van der Waals surface area contributed by atoms with Crippen LogP contribution >= 0.6 is 0 Å². The Bertz CT molecular complexity index is 1500. The number of nitrogens with one attached hydrogen (secondary N) is 2. The van der Waals surface area contributed by atoms with Crippen LogP contribution in [0.4, 0.5) is 33.3 Å². The van der Waals surface area contributed by atoms with Crippen LogP contribution in [-0.2, 0) is 4.74 Å². The lowest BCUT2D eigenvalue weighted by atomic mass is 9.96. The highest BCUT2D eigenvalue weighted by molar-refractivity contribution is 5.71. The molecule has 4 heterocycles. The molecule has 0 spiro atoms. The van der Waals surface area contributed by atoms with Gasteiger partial charge in [0.05, 0.1) is 48.5 Å². The highest BCUT2D eigenvalue weighted by atomic mass is 19.1. The van der Waals surface area contributed by atoms with Crippen LogP contribution in [0.1, 0.15) is 18.4 Å². The first kappa shape index (κ1) is 22.9. The molecule has 12 nitrogen and oxygen atoms in total. The minimum absolute atomic E-state index is 0.0542. The van der Waals surface area contributed by atoms with E-state index in [9.17, 15) is 10.5 Å². The van der Waals surface area contributed by atoms with E-state index in [1.807, 2.05) is 4.90 Å². The molecule has 1 aliphatic carbocycles. The van der Waals surface area contributed by atoms with Crippen LogP contribution < -0.4 is 15.5 Å². The zero-order valence-corrected chi connectivity index (χ0v) is 19.8. The van der Waals surface area contributed by atoms with E-state index >= 15 is 4.39 Å². The zero-order valence-electron chi connectivity index (χ0n) is 19.8. The molecule has 3 fully saturated rings. The number of nitriles is 2. The number of imidazole rings is 1. The van der Waals surface area contributed by atoms with Crippen LogP contribution in [0.25, 0.3) is 10.5 Å². The lowest BCUT2D eigenvalue weighted by Crippen LogP contribution is -2.65. The van der Waals surface area contributed by atoms with Crippen molar-refractivity contribution in [1.29, 1.82) is 10.5 Å². The fourth-order valence-electron chi connectivity index (χ4n) is 4.62. The van der Waals surface area contributed by atoms with Crippen LogP contribution in [0.2, 0.25) is 0 Å². The number of halogens is 1. The van der Waals surface area contributed by atoms with E-state index in [0.29, 0.717) is 56.5 Å². The van der Waals surface area contributed by atoms with Crippen molar-refractivity contribution in [2.24, 2.45) is 0 Å². The van der Waals surface area contributed by atoms with Gasteiger partial charge in [-0.25, -0.2) is 9.37 Å². The number of aromatic nitrogens is 4. The molecule has 0 amide bonds. The molecular weight excluding hydrogens is 477 g/mol. The smallest absolute Gasteiger partial charge is 0.275 e. The van der Waals surface area contributed by atoms with Gasteiger partial charge in [-0.3, -0.25) is 4.90 Å². The van der Waals surface area contributed by atoms with Gasteiger partial charge in [0.2, 0.25) is 0 Å². The monoisotopic (exact) mass is 499 g/mol. The van der Waals surface area contributed by atoms with E-state index in [1.54, 1.807) is 0 Å². The number of ether oxygens (including phenoxy) is 1. The lowest BCUT2D eigenvalue weighted by molar-refractivity contribution is -0.109. The summed E-state index contributed by atoms with van der Waals surface area (Å²) >= 11 is 0. The molecule has 37 heavy (non-hydrogen) atoms. The minimum Gasteiger partial charge on any atom is -0.375 e. The fourth-order valence-corrected chi connectivity index (χ4v) is 4.62. The number of nitrogens with zero attached hydrogens (tertiary/aromatic N) is 9. The predicted molar refractivity (Wildman–Crippen MR) is 131 cm³/mol. The summed E-state index contributed by atoms with van der Waals surface area (Å²) in [6.07, 6.45) is 3.43. The second kappa shape index (κ2) is 8.86. The summed E-state index contributed by atoms with van der Waals surface area (Å²) in [5.41, 5.74) is 0.438. The van der Waals surface area contributed by atoms with Crippen molar-refractivity contribution in [1.82, 2.24) is 24.5 Å². The van der Waals surface area contributed by atoms with Crippen molar-refractivity contribution in [2.45, 2.75) is 24.4 Å². The van der Waals surface area contributed by atoms with Crippen molar-refractivity contribution < 1.29 is 9.13 Å². The van der Waals surface area contributed by atoms with Crippen LogP contribution in [-0.4, -0.2) is 75.5 Å². The quantitative estimate of drug-likeness (QED) is 0.487. The summed E-state index contributed by atoms with van der Waals surface area (Å²) in [5, 5.41) is 29.8. The van der Waals surface area contributed by atoms with Gasteiger partial charge in [-0.1, -0.05) is 11.7 Å². The van der Waals surface area contributed by atoms with Crippen molar-refractivity contribution in [3.63, 3.8) is 0 Å². The molecule has 6 rings (SSSR count). The van der Waals surface area contributed by atoms with E-state index in [4.69, 9.17) is 11.3 Å². The standard InChI is InChI=1S/C24H22FN11O/c1-28-19-11-29-22-21(30-16-2-3-16)32-23(33-36(19)22)31-17-8-15(10-26)9-18(20(17)25)34-4-6-35(7-5-34)24(12-27)13-37-14-24/h8-9,11,16H,2-7,13-14H2,(H2,30,31,32,33). The van der Waals surface area contributed by atoms with Gasteiger partial charge in [0.1, 0.15) is 0 Å². The SMILES string of the molecule is [C-]#[N+]c1cnc2c(NC3CC3)nc(Nc3cc(C#N)cc(N4CCN(C5(C#N)COC5)CC4)c3F)nn12. The maximum Gasteiger partial charge on any atom is 0.275 e. The summed E-state index contributed by atoms with van der Waals surface area (Å²) in [5.74, 6) is 0.195. The fraction of sp³-hybridized carbons (Fsp3) is 0.417. The largest absolute Gasteiger partial charge is 0.375 e. The molecule has 0 atom stereocenters. The van der Waals surface area contributed by atoms with E-state index in [1.165, 1.54) is 22.8 Å². The summed E-state index contributed by atoms with van der Waals surface area (Å²) in [7, 11) is 0. The number of anilines is 4. The van der Waals surface area contributed by atoms with Gasteiger partial charge in [0.25, 0.3) is 17.4 Å². The molecule has 1 aromatic carbocycles. The van der Waals surface area contributed by atoms with E-state index in [0.717, 1.165) is 12.8 Å². The Morgan fingerprint density at radius 3 is 2.59 bits per heavy atom. The van der Waals surface area contributed by atoms with Crippen molar-refractivity contribution >= 4 is 34.6 Å². The Hall–Kier alpha value is -4.51.